The lowest BCUT2D eigenvalue weighted by Gasteiger charge is -2.30. The standard InChI is InChI=1S/C11H15F2I/c1-10(2,14)9-5-3-4-7-11(12,13)8-6-9/h9H,3,5-6,8H2,1-2H3. The molecule has 3 heteroatoms. The van der Waals surface area contributed by atoms with Gasteiger partial charge in [0.2, 0.25) is 0 Å². The van der Waals surface area contributed by atoms with E-state index in [0.29, 0.717) is 18.8 Å². The Morgan fingerprint density at radius 2 is 2.00 bits per heavy atom. The van der Waals surface area contributed by atoms with Crippen molar-refractivity contribution in [2.45, 2.75) is 48.9 Å². The van der Waals surface area contributed by atoms with Crippen LogP contribution in [0.25, 0.3) is 0 Å². The van der Waals surface area contributed by atoms with Crippen LogP contribution in [0, 0.1) is 17.8 Å². The van der Waals surface area contributed by atoms with Gasteiger partial charge in [-0.3, -0.25) is 0 Å². The summed E-state index contributed by atoms with van der Waals surface area (Å²) in [7, 11) is 0. The molecule has 0 spiro atoms. The first-order chi connectivity index (χ1) is 6.31. The molecule has 1 atom stereocenters. The second-order valence-electron chi connectivity index (χ2n) is 4.34. The van der Waals surface area contributed by atoms with E-state index in [2.05, 4.69) is 42.4 Å². The number of halogens is 3. The van der Waals surface area contributed by atoms with Crippen molar-refractivity contribution >= 4 is 22.6 Å². The molecule has 0 nitrogen and oxygen atoms in total. The Hall–Kier alpha value is 0.150. The predicted molar refractivity (Wildman–Crippen MR) is 62.8 cm³/mol. The lowest BCUT2D eigenvalue weighted by atomic mass is 9.85. The van der Waals surface area contributed by atoms with E-state index in [4.69, 9.17) is 0 Å². The van der Waals surface area contributed by atoms with Crippen molar-refractivity contribution in [3.8, 4) is 11.8 Å². The molecule has 1 aliphatic rings. The Morgan fingerprint density at radius 3 is 2.57 bits per heavy atom. The quantitative estimate of drug-likeness (QED) is 0.390. The number of hydrogen-bond acceptors (Lipinski definition) is 0. The molecule has 0 aromatic carbocycles. The van der Waals surface area contributed by atoms with E-state index >= 15 is 0 Å². The second kappa shape index (κ2) is 4.34. The SMILES string of the molecule is CC(C)(I)C1CCC#CC(F)(F)CC1. The van der Waals surface area contributed by atoms with Gasteiger partial charge in [0.1, 0.15) is 0 Å². The molecule has 1 aliphatic carbocycles. The summed E-state index contributed by atoms with van der Waals surface area (Å²) in [5.74, 6) is 2.21. The van der Waals surface area contributed by atoms with Crippen molar-refractivity contribution in [1.29, 1.82) is 0 Å². The van der Waals surface area contributed by atoms with Gasteiger partial charge in [-0.25, -0.2) is 0 Å². The topological polar surface area (TPSA) is 0 Å². The maximum absolute atomic E-state index is 13.0. The molecule has 0 aromatic rings. The van der Waals surface area contributed by atoms with E-state index in [-0.39, 0.29) is 9.84 Å². The fourth-order valence-electron chi connectivity index (χ4n) is 1.69. The van der Waals surface area contributed by atoms with Crippen LogP contribution in [0.4, 0.5) is 8.78 Å². The molecule has 14 heavy (non-hydrogen) atoms. The van der Waals surface area contributed by atoms with Gasteiger partial charge in [0.05, 0.1) is 0 Å². The van der Waals surface area contributed by atoms with Crippen LogP contribution in [0.1, 0.15) is 39.5 Å². The molecule has 1 rings (SSSR count). The average molecular weight is 312 g/mol. The summed E-state index contributed by atoms with van der Waals surface area (Å²) in [6.07, 6.45) is 2.04. The molecule has 0 aliphatic heterocycles. The number of hydrogen-bond donors (Lipinski definition) is 0. The van der Waals surface area contributed by atoms with E-state index in [0.717, 1.165) is 6.42 Å². The Labute approximate surface area is 98.0 Å². The largest absolute Gasteiger partial charge is 0.308 e. The van der Waals surface area contributed by atoms with E-state index < -0.39 is 5.92 Å². The predicted octanol–water partition coefficient (Wildman–Crippen LogP) is 4.03. The van der Waals surface area contributed by atoms with E-state index in [1.54, 1.807) is 0 Å². The van der Waals surface area contributed by atoms with Gasteiger partial charge in [-0.1, -0.05) is 42.4 Å². The summed E-state index contributed by atoms with van der Waals surface area (Å²) in [4.78, 5) is 0. The summed E-state index contributed by atoms with van der Waals surface area (Å²) in [6.45, 7) is 4.21. The molecule has 0 N–H and O–H groups in total. The van der Waals surface area contributed by atoms with Gasteiger partial charge in [0.25, 0.3) is 0 Å². The van der Waals surface area contributed by atoms with Crippen LogP contribution < -0.4 is 0 Å². The Bertz CT molecular complexity index is 255. The highest BCUT2D eigenvalue weighted by Crippen LogP contribution is 2.37. The van der Waals surface area contributed by atoms with Crippen molar-refractivity contribution in [1.82, 2.24) is 0 Å². The van der Waals surface area contributed by atoms with Gasteiger partial charge in [-0.2, -0.15) is 8.78 Å². The minimum absolute atomic E-state index is 0.0862. The fourth-order valence-corrected chi connectivity index (χ4v) is 2.31. The van der Waals surface area contributed by atoms with Gasteiger partial charge >= 0.3 is 5.92 Å². The van der Waals surface area contributed by atoms with Crippen LogP contribution in [0.15, 0.2) is 0 Å². The van der Waals surface area contributed by atoms with Crippen molar-refractivity contribution in [2.24, 2.45) is 5.92 Å². The third-order valence-corrected chi connectivity index (χ3v) is 3.55. The highest BCUT2D eigenvalue weighted by Gasteiger charge is 2.33. The van der Waals surface area contributed by atoms with Crippen molar-refractivity contribution < 1.29 is 8.78 Å². The maximum atomic E-state index is 13.0. The van der Waals surface area contributed by atoms with Crippen molar-refractivity contribution in [3.63, 3.8) is 0 Å². The molecule has 80 valence electrons. The number of rotatable bonds is 1. The van der Waals surface area contributed by atoms with Crippen LogP contribution in [0.3, 0.4) is 0 Å². The Kier molecular flexibility index (Phi) is 3.79. The normalized spacial score (nSPS) is 27.1. The van der Waals surface area contributed by atoms with Crippen LogP contribution in [0.2, 0.25) is 0 Å². The summed E-state index contributed by atoms with van der Waals surface area (Å²) in [5.41, 5.74) is 0. The zero-order chi connectivity index (χ0) is 10.8. The van der Waals surface area contributed by atoms with Crippen LogP contribution in [-0.2, 0) is 0 Å². The van der Waals surface area contributed by atoms with Crippen LogP contribution in [0.5, 0.6) is 0 Å². The molecule has 0 bridgehead atoms. The average Bonchev–Trinajstić information content (AvgIpc) is 1.96. The van der Waals surface area contributed by atoms with Crippen molar-refractivity contribution in [3.05, 3.63) is 0 Å². The molecule has 0 heterocycles. The molecular formula is C11H15F2I. The van der Waals surface area contributed by atoms with Gasteiger partial charge in [0.15, 0.2) is 0 Å². The van der Waals surface area contributed by atoms with Gasteiger partial charge in [0, 0.05) is 16.3 Å². The smallest absolute Gasteiger partial charge is 0.192 e. The minimum atomic E-state index is -2.76. The molecular weight excluding hydrogens is 297 g/mol. The molecule has 0 amide bonds. The third kappa shape index (κ3) is 3.72. The van der Waals surface area contributed by atoms with Crippen LogP contribution >= 0.6 is 22.6 Å². The summed E-state index contributed by atoms with van der Waals surface area (Å²) in [5, 5.41) is 0. The zero-order valence-corrected chi connectivity index (χ0v) is 10.7. The molecule has 0 fully saturated rings. The number of alkyl halides is 3. The van der Waals surface area contributed by atoms with E-state index in [1.165, 1.54) is 0 Å². The molecule has 0 radical (unpaired) electrons. The van der Waals surface area contributed by atoms with E-state index in [1.807, 2.05) is 5.92 Å². The van der Waals surface area contributed by atoms with E-state index in [9.17, 15) is 8.78 Å². The van der Waals surface area contributed by atoms with Gasteiger partial charge in [-0.05, 0) is 24.7 Å². The Morgan fingerprint density at radius 1 is 1.36 bits per heavy atom. The highest BCUT2D eigenvalue weighted by molar-refractivity contribution is 14.1. The molecule has 1 unspecified atom stereocenters. The maximum Gasteiger partial charge on any atom is 0.308 e. The first kappa shape index (κ1) is 12.2. The lowest BCUT2D eigenvalue weighted by molar-refractivity contribution is 0.0462. The van der Waals surface area contributed by atoms with Crippen LogP contribution in [-0.4, -0.2) is 9.34 Å². The molecule has 0 saturated heterocycles. The van der Waals surface area contributed by atoms with Gasteiger partial charge in [-0.15, -0.1) is 0 Å². The zero-order valence-electron chi connectivity index (χ0n) is 8.54. The third-order valence-electron chi connectivity index (χ3n) is 2.67. The monoisotopic (exact) mass is 312 g/mol. The minimum Gasteiger partial charge on any atom is -0.192 e. The summed E-state index contributed by atoms with van der Waals surface area (Å²) >= 11 is 2.34. The Balaban J connectivity index is 2.69. The highest BCUT2D eigenvalue weighted by atomic mass is 127. The fraction of sp³-hybridized carbons (Fsp3) is 0.818. The van der Waals surface area contributed by atoms with Gasteiger partial charge < -0.3 is 0 Å². The lowest BCUT2D eigenvalue weighted by Crippen LogP contribution is -2.27. The molecule has 0 saturated carbocycles. The summed E-state index contributed by atoms with van der Waals surface area (Å²) < 4.78 is 26.2. The second-order valence-corrected chi connectivity index (χ2v) is 7.13. The first-order valence-corrected chi connectivity index (χ1v) is 5.96. The summed E-state index contributed by atoms with van der Waals surface area (Å²) in [6, 6.07) is 0. The first-order valence-electron chi connectivity index (χ1n) is 4.88. The van der Waals surface area contributed by atoms with Crippen molar-refractivity contribution in [2.75, 3.05) is 0 Å². The molecule has 0 aromatic heterocycles.